The van der Waals surface area contributed by atoms with E-state index in [1.54, 1.807) is 0 Å². The zero-order valence-electron chi connectivity index (χ0n) is 29.8. The minimum Gasteiger partial charge on any atom is -0.480 e. The van der Waals surface area contributed by atoms with Crippen molar-refractivity contribution < 1.29 is 19.5 Å². The summed E-state index contributed by atoms with van der Waals surface area (Å²) in [6.07, 6.45) is -0.294. The Kier molecular flexibility index (Phi) is 12.4. The Morgan fingerprint density at radius 2 is 0.889 bits per heavy atom. The summed E-state index contributed by atoms with van der Waals surface area (Å²) in [5.74, 6) is -2.04. The Morgan fingerprint density at radius 3 is 1.22 bits per heavy atom. The predicted octanol–water partition coefficient (Wildman–Crippen LogP) is 7.50. The fourth-order valence-electron chi connectivity index (χ4n) is 6.92. The maximum atomic E-state index is 13.9. The van der Waals surface area contributed by atoms with Gasteiger partial charge in [0.1, 0.15) is 11.6 Å². The number of hydrogen-bond acceptors (Lipinski definition) is 5. The number of nitrogens with two attached hydrogens (primary N) is 1. The molecule has 0 saturated heterocycles. The van der Waals surface area contributed by atoms with Crippen molar-refractivity contribution in [3.05, 3.63) is 215 Å². The van der Waals surface area contributed by atoms with Gasteiger partial charge in [-0.15, -0.1) is 11.8 Å². The minimum atomic E-state index is -1.33. The van der Waals surface area contributed by atoms with Gasteiger partial charge in [-0.25, -0.2) is 4.79 Å². The molecular formula is C46H43N3O4S. The van der Waals surface area contributed by atoms with Crippen molar-refractivity contribution >= 4 is 29.5 Å². The average molecular weight is 734 g/mol. The first-order chi connectivity index (χ1) is 26.3. The fourth-order valence-corrected chi connectivity index (χ4v) is 8.41. The molecule has 0 heterocycles. The second kappa shape index (κ2) is 17.7. The third-order valence-corrected chi connectivity index (χ3v) is 11.2. The summed E-state index contributed by atoms with van der Waals surface area (Å²) < 4.78 is -0.700. The van der Waals surface area contributed by atoms with Gasteiger partial charge in [-0.3, -0.25) is 9.59 Å². The van der Waals surface area contributed by atoms with Crippen LogP contribution in [-0.2, 0) is 24.7 Å². The maximum Gasteiger partial charge on any atom is 0.326 e. The summed E-state index contributed by atoms with van der Waals surface area (Å²) in [7, 11) is 0. The van der Waals surface area contributed by atoms with Gasteiger partial charge in [0.05, 0.1) is 10.8 Å². The van der Waals surface area contributed by atoms with Crippen molar-refractivity contribution in [2.24, 2.45) is 5.73 Å². The van der Waals surface area contributed by atoms with Crippen LogP contribution in [0.25, 0.3) is 0 Å². The standard InChI is InChI=1S/C46H43N3O4S/c47-40(33-54-46(37-25-13-4-14-26-37,38-27-15-5-16-28-38)39-29-17-6-18-30-39)43(51)48-41(44(52)53)31-32-42(50)49-45(34-19-7-1-8-20-34,35-21-9-2-10-22-35)36-23-11-3-12-24-36/h1-30,40-41H,31-33,47H2,(H,48,51)(H,49,50)(H,52,53)/t40-,41-/m0/s1. The molecule has 8 heteroatoms. The number of carbonyl (C=O) groups is 3. The molecule has 5 N–H and O–H groups in total. The minimum absolute atomic E-state index is 0.136. The summed E-state index contributed by atoms with van der Waals surface area (Å²) in [5.41, 5.74) is 11.1. The monoisotopic (exact) mass is 733 g/mol. The molecule has 0 saturated carbocycles. The number of thioether (sulfide) groups is 1. The lowest BCUT2D eigenvalue weighted by Gasteiger charge is -2.37. The van der Waals surface area contributed by atoms with E-state index in [0.717, 1.165) is 33.4 Å². The number of amides is 2. The lowest BCUT2D eigenvalue weighted by atomic mass is 9.77. The van der Waals surface area contributed by atoms with E-state index in [1.807, 2.05) is 146 Å². The van der Waals surface area contributed by atoms with Gasteiger partial charge in [0.15, 0.2) is 0 Å². The van der Waals surface area contributed by atoms with E-state index >= 15 is 0 Å². The van der Waals surface area contributed by atoms with Crippen LogP contribution < -0.4 is 16.4 Å². The lowest BCUT2D eigenvalue weighted by Crippen LogP contribution is -2.51. The Labute approximate surface area is 320 Å². The van der Waals surface area contributed by atoms with Crippen LogP contribution in [0, 0.1) is 0 Å². The van der Waals surface area contributed by atoms with Gasteiger partial charge in [-0.05, 0) is 39.8 Å². The molecule has 6 aromatic rings. The number of nitrogens with one attached hydrogen (secondary N) is 2. The van der Waals surface area contributed by atoms with E-state index in [9.17, 15) is 19.5 Å². The average Bonchev–Trinajstić information content (AvgIpc) is 3.23. The molecular weight excluding hydrogens is 691 g/mol. The van der Waals surface area contributed by atoms with Crippen LogP contribution in [0.5, 0.6) is 0 Å². The van der Waals surface area contributed by atoms with E-state index in [1.165, 1.54) is 11.8 Å². The second-order valence-electron chi connectivity index (χ2n) is 13.0. The Hall–Kier alpha value is -5.96. The zero-order valence-corrected chi connectivity index (χ0v) is 30.6. The van der Waals surface area contributed by atoms with Crippen molar-refractivity contribution in [3.63, 3.8) is 0 Å². The molecule has 6 aromatic carbocycles. The van der Waals surface area contributed by atoms with Crippen LogP contribution >= 0.6 is 11.8 Å². The van der Waals surface area contributed by atoms with Gasteiger partial charge in [0.2, 0.25) is 11.8 Å². The van der Waals surface area contributed by atoms with Crippen LogP contribution in [-0.4, -0.2) is 40.7 Å². The number of carbonyl (C=O) groups excluding carboxylic acids is 2. The van der Waals surface area contributed by atoms with E-state index in [-0.39, 0.29) is 24.5 Å². The molecule has 272 valence electrons. The number of carboxylic acid groups (broad SMARTS) is 1. The van der Waals surface area contributed by atoms with Crippen molar-refractivity contribution in [1.82, 2.24) is 10.6 Å². The highest BCUT2D eigenvalue weighted by atomic mass is 32.2. The largest absolute Gasteiger partial charge is 0.480 e. The maximum absolute atomic E-state index is 13.9. The summed E-state index contributed by atoms with van der Waals surface area (Å²) in [6.45, 7) is 0. The van der Waals surface area contributed by atoms with E-state index in [0.29, 0.717) is 0 Å². The van der Waals surface area contributed by atoms with Crippen molar-refractivity contribution in [1.29, 1.82) is 0 Å². The van der Waals surface area contributed by atoms with Gasteiger partial charge in [-0.2, -0.15) is 0 Å². The van der Waals surface area contributed by atoms with Crippen molar-refractivity contribution in [2.45, 2.75) is 35.2 Å². The number of carboxylic acids is 1. The van der Waals surface area contributed by atoms with Crippen LogP contribution in [0.2, 0.25) is 0 Å². The van der Waals surface area contributed by atoms with Crippen LogP contribution in [0.4, 0.5) is 0 Å². The number of hydrogen-bond donors (Lipinski definition) is 4. The Bertz CT molecular complexity index is 1910. The fraction of sp³-hybridized carbons (Fsp3) is 0.152. The molecule has 0 aromatic heterocycles. The van der Waals surface area contributed by atoms with Gasteiger partial charge >= 0.3 is 5.97 Å². The molecule has 0 bridgehead atoms. The first kappa shape index (κ1) is 37.8. The van der Waals surface area contributed by atoms with Crippen molar-refractivity contribution in [3.8, 4) is 0 Å². The lowest BCUT2D eigenvalue weighted by molar-refractivity contribution is -0.142. The Morgan fingerprint density at radius 1 is 0.556 bits per heavy atom. The number of rotatable bonds is 16. The molecule has 2 amide bonds. The molecule has 0 spiro atoms. The van der Waals surface area contributed by atoms with E-state index in [2.05, 4.69) is 47.0 Å². The number of benzene rings is 6. The smallest absolute Gasteiger partial charge is 0.326 e. The number of aliphatic carboxylic acids is 1. The SMILES string of the molecule is N[C@@H](CSC(c1ccccc1)(c1ccccc1)c1ccccc1)C(=O)N[C@@H](CCC(=O)NC(c1ccccc1)(c1ccccc1)c1ccccc1)C(=O)O. The highest BCUT2D eigenvalue weighted by molar-refractivity contribution is 8.00. The second-order valence-corrected chi connectivity index (χ2v) is 14.3. The van der Waals surface area contributed by atoms with Crippen molar-refractivity contribution in [2.75, 3.05) is 5.75 Å². The van der Waals surface area contributed by atoms with Crippen LogP contribution in [0.15, 0.2) is 182 Å². The van der Waals surface area contributed by atoms with Crippen LogP contribution in [0.3, 0.4) is 0 Å². The van der Waals surface area contributed by atoms with Crippen LogP contribution in [0.1, 0.15) is 46.2 Å². The molecule has 6 rings (SSSR count). The first-order valence-electron chi connectivity index (χ1n) is 17.9. The summed E-state index contributed by atoms with van der Waals surface area (Å²) in [4.78, 5) is 40.0. The normalized spacial score (nSPS) is 12.6. The molecule has 0 aliphatic heterocycles. The summed E-state index contributed by atoms with van der Waals surface area (Å²) in [6, 6.07) is 56.8. The molecule has 0 unspecified atom stereocenters. The third kappa shape index (κ3) is 8.31. The molecule has 0 aliphatic rings. The van der Waals surface area contributed by atoms with Gasteiger partial charge in [0, 0.05) is 12.2 Å². The molecule has 0 aliphatic carbocycles. The molecule has 0 fully saturated rings. The van der Waals surface area contributed by atoms with Gasteiger partial charge < -0.3 is 21.5 Å². The summed E-state index contributed by atoms with van der Waals surface area (Å²) >= 11 is 1.52. The molecule has 2 atom stereocenters. The third-order valence-electron chi connectivity index (χ3n) is 9.58. The highest BCUT2D eigenvalue weighted by Gasteiger charge is 2.39. The van der Waals surface area contributed by atoms with E-state index < -0.39 is 34.2 Å². The first-order valence-corrected chi connectivity index (χ1v) is 18.9. The Balaban J connectivity index is 1.19. The quantitative estimate of drug-likeness (QED) is 0.0765. The van der Waals surface area contributed by atoms with Gasteiger partial charge in [-0.1, -0.05) is 182 Å². The molecule has 54 heavy (non-hydrogen) atoms. The predicted molar refractivity (Wildman–Crippen MR) is 216 cm³/mol. The van der Waals surface area contributed by atoms with E-state index in [4.69, 9.17) is 5.73 Å². The highest BCUT2D eigenvalue weighted by Crippen LogP contribution is 2.48. The summed E-state index contributed by atoms with van der Waals surface area (Å²) in [5, 5.41) is 16.1. The molecule has 7 nitrogen and oxygen atoms in total. The zero-order chi connectivity index (χ0) is 37.8. The van der Waals surface area contributed by atoms with Gasteiger partial charge in [0.25, 0.3) is 0 Å². The topological polar surface area (TPSA) is 122 Å². The molecule has 0 radical (unpaired) electrons.